The Kier molecular flexibility index (Phi) is 6.08. The van der Waals surface area contributed by atoms with E-state index in [0.29, 0.717) is 16.9 Å². The molecule has 0 bridgehead atoms. The Morgan fingerprint density at radius 2 is 1.92 bits per heavy atom. The summed E-state index contributed by atoms with van der Waals surface area (Å²) >= 11 is 0. The van der Waals surface area contributed by atoms with E-state index in [1.54, 1.807) is 55.5 Å². The molecule has 2 aromatic rings. The van der Waals surface area contributed by atoms with E-state index < -0.39 is 11.9 Å². The molecule has 5 nitrogen and oxygen atoms in total. The van der Waals surface area contributed by atoms with E-state index in [-0.39, 0.29) is 12.2 Å². The minimum atomic E-state index is -0.688. The molecular formula is C20H17NO4. The quantitative estimate of drug-likeness (QED) is 0.360. The molecule has 0 saturated carbocycles. The highest BCUT2D eigenvalue weighted by Gasteiger charge is 2.11. The number of benzene rings is 2. The largest absolute Gasteiger partial charge is 0.462 e. The molecule has 2 aromatic carbocycles. The molecule has 126 valence electrons. The van der Waals surface area contributed by atoms with Crippen LogP contribution >= 0.6 is 0 Å². The summed E-state index contributed by atoms with van der Waals surface area (Å²) in [6.07, 6.45) is 1.39. The van der Waals surface area contributed by atoms with Crippen LogP contribution in [0.15, 0.2) is 54.1 Å². The molecule has 0 radical (unpaired) electrons. The van der Waals surface area contributed by atoms with Crippen LogP contribution in [0.4, 0.5) is 0 Å². The molecule has 0 aliphatic heterocycles. The molecule has 25 heavy (non-hydrogen) atoms. The second-order valence-electron chi connectivity index (χ2n) is 5.22. The van der Waals surface area contributed by atoms with Crippen LogP contribution in [-0.4, -0.2) is 18.5 Å². The number of rotatable bonds is 5. The Hall–Kier alpha value is -3.39. The van der Waals surface area contributed by atoms with Crippen molar-refractivity contribution in [3.8, 4) is 11.8 Å². The molecular weight excluding hydrogens is 318 g/mol. The first-order valence-electron chi connectivity index (χ1n) is 7.71. The van der Waals surface area contributed by atoms with Gasteiger partial charge in [-0.2, -0.15) is 5.26 Å². The summed E-state index contributed by atoms with van der Waals surface area (Å²) in [5, 5.41) is 9.07. The van der Waals surface area contributed by atoms with Crippen LogP contribution in [0, 0.1) is 18.3 Å². The van der Waals surface area contributed by atoms with Gasteiger partial charge in [-0.3, -0.25) is 0 Å². The Morgan fingerprint density at radius 1 is 1.16 bits per heavy atom. The fraction of sp³-hybridized carbons (Fsp3) is 0.150. The molecule has 0 atom stereocenters. The average Bonchev–Trinajstić information content (AvgIpc) is 2.60. The first kappa shape index (κ1) is 18.0. The van der Waals surface area contributed by atoms with Gasteiger partial charge >= 0.3 is 11.9 Å². The molecule has 2 rings (SSSR count). The van der Waals surface area contributed by atoms with Crippen molar-refractivity contribution < 1.29 is 19.1 Å². The third kappa shape index (κ3) is 5.05. The van der Waals surface area contributed by atoms with Gasteiger partial charge in [-0.25, -0.2) is 9.59 Å². The molecule has 0 aliphatic rings. The monoisotopic (exact) mass is 335 g/mol. The molecule has 0 N–H and O–H groups in total. The highest BCUT2D eigenvalue weighted by Crippen LogP contribution is 2.18. The number of nitriles is 1. The number of ether oxygens (including phenoxy) is 2. The fourth-order valence-corrected chi connectivity index (χ4v) is 2.12. The zero-order valence-corrected chi connectivity index (χ0v) is 14.0. The van der Waals surface area contributed by atoms with Crippen LogP contribution in [0.1, 0.15) is 28.4 Å². The second kappa shape index (κ2) is 8.46. The zero-order chi connectivity index (χ0) is 18.2. The van der Waals surface area contributed by atoms with E-state index >= 15 is 0 Å². The summed E-state index contributed by atoms with van der Waals surface area (Å²) < 4.78 is 10.2. The first-order chi connectivity index (χ1) is 12.0. The standard InChI is InChI=1S/C20H17NO4/c1-3-24-19(22)17(13-21)11-15-7-5-9-18(12-15)25-20(23)16-8-4-6-14(2)10-16/h4-12H,3H2,1-2H3/b17-11+. The number of esters is 2. The van der Waals surface area contributed by atoms with Gasteiger partial charge in [0.1, 0.15) is 17.4 Å². The average molecular weight is 335 g/mol. The lowest BCUT2D eigenvalue weighted by atomic mass is 10.1. The van der Waals surface area contributed by atoms with Crippen molar-refractivity contribution in [2.24, 2.45) is 0 Å². The van der Waals surface area contributed by atoms with Gasteiger partial charge in [0.15, 0.2) is 0 Å². The van der Waals surface area contributed by atoms with Gasteiger partial charge in [-0.1, -0.05) is 29.8 Å². The molecule has 0 heterocycles. The summed E-state index contributed by atoms with van der Waals surface area (Å²) in [4.78, 5) is 23.8. The van der Waals surface area contributed by atoms with Gasteiger partial charge in [-0.05, 0) is 49.8 Å². The van der Waals surface area contributed by atoms with E-state index in [9.17, 15) is 9.59 Å². The Morgan fingerprint density at radius 3 is 2.60 bits per heavy atom. The lowest BCUT2D eigenvalue weighted by molar-refractivity contribution is -0.137. The lowest BCUT2D eigenvalue weighted by Gasteiger charge is -2.06. The zero-order valence-electron chi connectivity index (χ0n) is 14.0. The van der Waals surface area contributed by atoms with Crippen LogP contribution in [0.25, 0.3) is 6.08 Å². The number of hydrogen-bond donors (Lipinski definition) is 0. The van der Waals surface area contributed by atoms with Gasteiger partial charge in [0.25, 0.3) is 0 Å². The van der Waals surface area contributed by atoms with Crippen molar-refractivity contribution in [1.29, 1.82) is 5.26 Å². The topological polar surface area (TPSA) is 76.4 Å². The lowest BCUT2D eigenvalue weighted by Crippen LogP contribution is -2.08. The maximum Gasteiger partial charge on any atom is 0.348 e. The summed E-state index contributed by atoms with van der Waals surface area (Å²) in [5.74, 6) is -0.843. The third-order valence-electron chi connectivity index (χ3n) is 3.25. The van der Waals surface area contributed by atoms with Crippen LogP contribution in [-0.2, 0) is 9.53 Å². The van der Waals surface area contributed by atoms with Gasteiger partial charge in [0.05, 0.1) is 12.2 Å². The number of carbonyl (C=O) groups is 2. The second-order valence-corrected chi connectivity index (χ2v) is 5.22. The van der Waals surface area contributed by atoms with E-state index in [4.69, 9.17) is 14.7 Å². The van der Waals surface area contributed by atoms with Crippen LogP contribution < -0.4 is 4.74 Å². The van der Waals surface area contributed by atoms with E-state index in [1.807, 2.05) is 13.0 Å². The predicted octanol–water partition coefficient (Wildman–Crippen LogP) is 3.68. The normalized spacial score (nSPS) is 10.7. The third-order valence-corrected chi connectivity index (χ3v) is 3.25. The Bertz CT molecular complexity index is 862. The molecule has 0 spiro atoms. The van der Waals surface area contributed by atoms with E-state index in [0.717, 1.165) is 5.56 Å². The van der Waals surface area contributed by atoms with Crippen LogP contribution in [0.2, 0.25) is 0 Å². The maximum absolute atomic E-state index is 12.2. The van der Waals surface area contributed by atoms with Gasteiger partial charge < -0.3 is 9.47 Å². The Balaban J connectivity index is 2.20. The maximum atomic E-state index is 12.2. The van der Waals surface area contributed by atoms with Crippen molar-refractivity contribution >= 4 is 18.0 Å². The number of nitrogens with zero attached hydrogens (tertiary/aromatic N) is 1. The number of carbonyl (C=O) groups excluding carboxylic acids is 2. The van der Waals surface area contributed by atoms with Gasteiger partial charge in [0.2, 0.25) is 0 Å². The summed E-state index contributed by atoms with van der Waals surface area (Å²) in [7, 11) is 0. The van der Waals surface area contributed by atoms with Crippen molar-refractivity contribution in [2.75, 3.05) is 6.61 Å². The van der Waals surface area contributed by atoms with Gasteiger partial charge in [0, 0.05) is 0 Å². The van der Waals surface area contributed by atoms with E-state index in [2.05, 4.69) is 0 Å². The predicted molar refractivity (Wildman–Crippen MR) is 92.8 cm³/mol. The molecule has 0 aliphatic carbocycles. The van der Waals surface area contributed by atoms with Crippen molar-refractivity contribution in [3.05, 3.63) is 70.8 Å². The molecule has 0 aromatic heterocycles. The van der Waals surface area contributed by atoms with Crippen molar-refractivity contribution in [2.45, 2.75) is 13.8 Å². The first-order valence-corrected chi connectivity index (χ1v) is 7.71. The van der Waals surface area contributed by atoms with Crippen LogP contribution in [0.3, 0.4) is 0 Å². The van der Waals surface area contributed by atoms with E-state index in [1.165, 1.54) is 6.08 Å². The minimum Gasteiger partial charge on any atom is -0.462 e. The molecule has 0 fully saturated rings. The smallest absolute Gasteiger partial charge is 0.348 e. The summed E-state index contributed by atoms with van der Waals surface area (Å²) in [5.41, 5.74) is 1.84. The SMILES string of the molecule is CCOC(=O)/C(C#N)=C/c1cccc(OC(=O)c2cccc(C)c2)c1. The summed E-state index contributed by atoms with van der Waals surface area (Å²) in [6, 6.07) is 15.5. The highest BCUT2D eigenvalue weighted by molar-refractivity contribution is 5.98. The molecule has 0 saturated heterocycles. The minimum absolute atomic E-state index is 0.121. The van der Waals surface area contributed by atoms with Crippen molar-refractivity contribution in [1.82, 2.24) is 0 Å². The van der Waals surface area contributed by atoms with Crippen LogP contribution in [0.5, 0.6) is 5.75 Å². The highest BCUT2D eigenvalue weighted by atomic mass is 16.5. The number of hydrogen-bond acceptors (Lipinski definition) is 5. The van der Waals surface area contributed by atoms with Crippen molar-refractivity contribution in [3.63, 3.8) is 0 Å². The molecule has 0 amide bonds. The Labute approximate surface area is 146 Å². The van der Waals surface area contributed by atoms with Gasteiger partial charge in [-0.15, -0.1) is 0 Å². The summed E-state index contributed by atoms with van der Waals surface area (Å²) in [6.45, 7) is 3.74. The number of aryl methyl sites for hydroxylation is 1. The molecule has 5 heteroatoms. The molecule has 0 unspecified atom stereocenters. The fourth-order valence-electron chi connectivity index (χ4n) is 2.12.